The van der Waals surface area contributed by atoms with Crippen LogP contribution in [0.2, 0.25) is 0 Å². The Bertz CT molecular complexity index is 686. The van der Waals surface area contributed by atoms with Gasteiger partial charge in [0, 0.05) is 6.54 Å². The lowest BCUT2D eigenvalue weighted by Gasteiger charge is -2.28. The van der Waals surface area contributed by atoms with Crippen LogP contribution in [-0.4, -0.2) is 31.1 Å². The van der Waals surface area contributed by atoms with Crippen molar-refractivity contribution in [3.63, 3.8) is 0 Å². The van der Waals surface area contributed by atoms with Crippen molar-refractivity contribution < 1.29 is 9.53 Å². The minimum Gasteiger partial charge on any atom is -0.462 e. The number of rotatable bonds is 6. The predicted octanol–water partition coefficient (Wildman–Crippen LogP) is 4.56. The van der Waals surface area contributed by atoms with Crippen molar-refractivity contribution in [1.82, 2.24) is 4.90 Å². The van der Waals surface area contributed by atoms with Gasteiger partial charge in [0.1, 0.15) is 6.10 Å². The lowest BCUT2D eigenvalue weighted by atomic mass is 9.82. The highest BCUT2D eigenvalue weighted by atomic mass is 16.5. The van der Waals surface area contributed by atoms with Crippen molar-refractivity contribution in [1.29, 1.82) is 0 Å². The Kier molecular flexibility index (Phi) is 6.45. The van der Waals surface area contributed by atoms with Crippen LogP contribution >= 0.6 is 0 Å². The molecule has 0 radical (unpaired) electrons. The van der Waals surface area contributed by atoms with E-state index in [1.807, 2.05) is 30.3 Å². The van der Waals surface area contributed by atoms with Gasteiger partial charge in [0.25, 0.3) is 0 Å². The van der Waals surface area contributed by atoms with Crippen LogP contribution in [0.1, 0.15) is 48.3 Å². The quantitative estimate of drug-likeness (QED) is 0.715. The number of carbonyl (C=O) groups excluding carboxylic acids is 1. The van der Waals surface area contributed by atoms with Crippen LogP contribution in [0.15, 0.2) is 54.6 Å². The topological polar surface area (TPSA) is 29.5 Å². The maximum Gasteiger partial charge on any atom is 0.310 e. The standard InChI is InChI=1S/C23H29NO2/c1-24(2)17-19-8-10-20(11-9-19)21-12-14-22(15-13-21)26-23(25)16-18-6-4-3-5-7-18/h3-11,21-22H,12-17H2,1-2H3. The second-order valence-corrected chi connectivity index (χ2v) is 7.61. The van der Waals surface area contributed by atoms with Crippen LogP contribution in [0.3, 0.4) is 0 Å². The maximum absolute atomic E-state index is 12.1. The summed E-state index contributed by atoms with van der Waals surface area (Å²) in [4.78, 5) is 14.3. The molecule has 0 heterocycles. The molecule has 3 rings (SSSR count). The van der Waals surface area contributed by atoms with Gasteiger partial charge in [-0.1, -0.05) is 54.6 Å². The molecule has 26 heavy (non-hydrogen) atoms. The lowest BCUT2D eigenvalue weighted by molar-refractivity contribution is -0.149. The summed E-state index contributed by atoms with van der Waals surface area (Å²) in [7, 11) is 4.18. The van der Waals surface area contributed by atoms with Gasteiger partial charge in [-0.15, -0.1) is 0 Å². The molecule has 1 saturated carbocycles. The number of benzene rings is 2. The summed E-state index contributed by atoms with van der Waals surface area (Å²) in [6.45, 7) is 0.977. The first-order chi connectivity index (χ1) is 12.6. The van der Waals surface area contributed by atoms with Gasteiger partial charge in [-0.25, -0.2) is 0 Å². The zero-order valence-electron chi connectivity index (χ0n) is 15.9. The van der Waals surface area contributed by atoms with E-state index in [1.165, 1.54) is 11.1 Å². The van der Waals surface area contributed by atoms with E-state index >= 15 is 0 Å². The molecular formula is C23H29NO2. The van der Waals surface area contributed by atoms with Gasteiger partial charge in [0.15, 0.2) is 0 Å². The molecule has 0 unspecified atom stereocenters. The van der Waals surface area contributed by atoms with Crippen molar-refractivity contribution in [3.8, 4) is 0 Å². The van der Waals surface area contributed by atoms with Crippen LogP contribution < -0.4 is 0 Å². The summed E-state index contributed by atoms with van der Waals surface area (Å²) in [6.07, 6.45) is 4.56. The highest BCUT2D eigenvalue weighted by Crippen LogP contribution is 2.34. The molecule has 1 fully saturated rings. The minimum absolute atomic E-state index is 0.0791. The molecule has 0 aromatic heterocycles. The SMILES string of the molecule is CN(C)Cc1ccc(C2CCC(OC(=O)Cc3ccccc3)CC2)cc1. The molecule has 0 spiro atoms. The Balaban J connectivity index is 1.46. The fourth-order valence-electron chi connectivity index (χ4n) is 3.76. The molecule has 138 valence electrons. The Hall–Kier alpha value is -2.13. The minimum atomic E-state index is -0.104. The van der Waals surface area contributed by atoms with E-state index in [1.54, 1.807) is 0 Å². The molecule has 0 bridgehead atoms. The zero-order chi connectivity index (χ0) is 18.4. The largest absolute Gasteiger partial charge is 0.462 e. The molecular weight excluding hydrogens is 322 g/mol. The highest BCUT2D eigenvalue weighted by molar-refractivity contribution is 5.72. The van der Waals surface area contributed by atoms with Crippen LogP contribution in [0.25, 0.3) is 0 Å². The normalized spacial score (nSPS) is 20.1. The summed E-state index contributed by atoms with van der Waals surface area (Å²) in [6, 6.07) is 18.8. The number of hydrogen-bond donors (Lipinski definition) is 0. The third-order valence-electron chi connectivity index (χ3n) is 5.11. The molecule has 0 atom stereocenters. The second-order valence-electron chi connectivity index (χ2n) is 7.61. The molecule has 2 aromatic rings. The van der Waals surface area contributed by atoms with Crippen molar-refractivity contribution in [2.45, 2.75) is 50.7 Å². The summed E-state index contributed by atoms with van der Waals surface area (Å²) in [5, 5.41) is 0. The van der Waals surface area contributed by atoms with Crippen molar-refractivity contribution >= 4 is 5.97 Å². The second kappa shape index (κ2) is 9.00. The summed E-state index contributed by atoms with van der Waals surface area (Å²) in [5.41, 5.74) is 3.79. The highest BCUT2D eigenvalue weighted by Gasteiger charge is 2.24. The fourth-order valence-corrected chi connectivity index (χ4v) is 3.76. The van der Waals surface area contributed by atoms with Crippen LogP contribution in [-0.2, 0) is 22.5 Å². The number of ether oxygens (including phenoxy) is 1. The number of hydrogen-bond acceptors (Lipinski definition) is 3. The van der Waals surface area contributed by atoms with Gasteiger partial charge in [-0.2, -0.15) is 0 Å². The lowest BCUT2D eigenvalue weighted by Crippen LogP contribution is -2.24. The van der Waals surface area contributed by atoms with E-state index in [0.717, 1.165) is 37.8 Å². The van der Waals surface area contributed by atoms with E-state index in [4.69, 9.17) is 4.74 Å². The Morgan fingerprint density at radius 2 is 1.58 bits per heavy atom. The Morgan fingerprint density at radius 3 is 2.19 bits per heavy atom. The van der Waals surface area contributed by atoms with Crippen LogP contribution in [0.4, 0.5) is 0 Å². The maximum atomic E-state index is 12.1. The summed E-state index contributed by atoms with van der Waals surface area (Å²) < 4.78 is 5.70. The Morgan fingerprint density at radius 1 is 0.923 bits per heavy atom. The first-order valence-electron chi connectivity index (χ1n) is 9.57. The molecule has 1 aliphatic carbocycles. The van der Waals surface area contributed by atoms with Gasteiger partial charge in [-0.05, 0) is 62.4 Å². The van der Waals surface area contributed by atoms with Crippen molar-refractivity contribution in [2.24, 2.45) is 0 Å². The number of nitrogens with zero attached hydrogens (tertiary/aromatic N) is 1. The van der Waals surface area contributed by atoms with Gasteiger partial charge in [0.2, 0.25) is 0 Å². The first-order valence-corrected chi connectivity index (χ1v) is 9.57. The average molecular weight is 351 g/mol. The number of esters is 1. The van der Waals surface area contributed by atoms with Gasteiger partial charge >= 0.3 is 5.97 Å². The third-order valence-corrected chi connectivity index (χ3v) is 5.11. The van der Waals surface area contributed by atoms with Gasteiger partial charge in [-0.3, -0.25) is 4.79 Å². The van der Waals surface area contributed by atoms with Crippen molar-refractivity contribution in [3.05, 3.63) is 71.3 Å². The summed E-state index contributed by atoms with van der Waals surface area (Å²) >= 11 is 0. The van der Waals surface area contributed by atoms with Crippen molar-refractivity contribution in [2.75, 3.05) is 14.1 Å². The molecule has 0 saturated heterocycles. The third kappa shape index (κ3) is 5.43. The zero-order valence-corrected chi connectivity index (χ0v) is 15.9. The van der Waals surface area contributed by atoms with Gasteiger partial charge in [0.05, 0.1) is 6.42 Å². The van der Waals surface area contributed by atoms with E-state index in [0.29, 0.717) is 12.3 Å². The molecule has 0 aliphatic heterocycles. The van der Waals surface area contributed by atoms with Crippen LogP contribution in [0, 0.1) is 0 Å². The van der Waals surface area contributed by atoms with E-state index < -0.39 is 0 Å². The predicted molar refractivity (Wildman–Crippen MR) is 105 cm³/mol. The van der Waals surface area contributed by atoms with Gasteiger partial charge < -0.3 is 9.64 Å². The smallest absolute Gasteiger partial charge is 0.310 e. The molecule has 2 aromatic carbocycles. The fraction of sp³-hybridized carbons (Fsp3) is 0.435. The van der Waals surface area contributed by atoms with Crippen LogP contribution in [0.5, 0.6) is 0 Å². The van der Waals surface area contributed by atoms with E-state index in [2.05, 4.69) is 43.3 Å². The molecule has 3 nitrogen and oxygen atoms in total. The van der Waals surface area contributed by atoms with E-state index in [9.17, 15) is 4.79 Å². The Labute approximate surface area is 157 Å². The summed E-state index contributed by atoms with van der Waals surface area (Å²) in [5.74, 6) is 0.486. The molecule has 0 N–H and O–H groups in total. The molecule has 0 amide bonds. The average Bonchev–Trinajstić information content (AvgIpc) is 2.63. The van der Waals surface area contributed by atoms with E-state index in [-0.39, 0.29) is 12.1 Å². The molecule has 1 aliphatic rings. The first kappa shape index (κ1) is 18.7. The monoisotopic (exact) mass is 351 g/mol. The number of carbonyl (C=O) groups is 1. The molecule has 3 heteroatoms.